The van der Waals surface area contributed by atoms with Crippen molar-refractivity contribution in [2.24, 2.45) is 0 Å². The fourth-order valence-corrected chi connectivity index (χ4v) is 2.99. The van der Waals surface area contributed by atoms with E-state index in [2.05, 4.69) is 6.58 Å². The van der Waals surface area contributed by atoms with Gasteiger partial charge in [0.2, 0.25) is 0 Å². The molecule has 2 aromatic rings. The quantitative estimate of drug-likeness (QED) is 0.529. The van der Waals surface area contributed by atoms with Crippen LogP contribution in [0.1, 0.15) is 15.9 Å². The minimum atomic E-state index is -0.858. The third-order valence-electron chi connectivity index (χ3n) is 4.36. The Morgan fingerprint density at radius 1 is 1.04 bits per heavy atom. The van der Waals surface area contributed by atoms with Crippen LogP contribution in [0.3, 0.4) is 0 Å². The minimum Gasteiger partial charge on any atom is -0.450 e. The van der Waals surface area contributed by atoms with Crippen molar-refractivity contribution in [3.63, 3.8) is 0 Å². The maximum absolute atomic E-state index is 12.6. The molecule has 1 fully saturated rings. The molecule has 0 unspecified atom stereocenters. The maximum atomic E-state index is 12.6. The Kier molecular flexibility index (Phi) is 7.33. The summed E-state index contributed by atoms with van der Waals surface area (Å²) in [4.78, 5) is 12.6. The predicted octanol–water partition coefficient (Wildman–Crippen LogP) is 2.72. The third-order valence-corrected chi connectivity index (χ3v) is 4.36. The molecular formula is C22H24O6. The minimum absolute atomic E-state index is 0.216. The molecule has 0 aliphatic carbocycles. The number of carbonyl (C=O) groups excluding carboxylic acids is 1. The zero-order valence-electron chi connectivity index (χ0n) is 15.5. The summed E-state index contributed by atoms with van der Waals surface area (Å²) >= 11 is 0. The highest BCUT2D eigenvalue weighted by Crippen LogP contribution is 2.29. The van der Waals surface area contributed by atoms with Crippen molar-refractivity contribution in [1.82, 2.24) is 0 Å². The number of hydrogen-bond donors (Lipinski definition) is 1. The van der Waals surface area contributed by atoms with E-state index in [4.69, 9.17) is 18.9 Å². The van der Waals surface area contributed by atoms with Crippen LogP contribution in [-0.2, 0) is 25.6 Å². The molecule has 148 valence electrons. The summed E-state index contributed by atoms with van der Waals surface area (Å²) in [6.07, 6.45) is -1.46. The largest absolute Gasteiger partial charge is 0.450 e. The number of rotatable bonds is 9. The van der Waals surface area contributed by atoms with Gasteiger partial charge in [0.1, 0.15) is 12.2 Å². The highest BCUT2D eigenvalue weighted by Gasteiger charge is 2.48. The van der Waals surface area contributed by atoms with Gasteiger partial charge in [-0.1, -0.05) is 54.6 Å². The molecule has 0 bridgehead atoms. The van der Waals surface area contributed by atoms with Gasteiger partial charge in [-0.15, -0.1) is 6.58 Å². The SMILES string of the molecule is C=CCO[C@H]1O[C@H](CO)[C@@H](OCc2ccccc2)[C@@H]1OC(=O)c1ccccc1. The molecule has 0 amide bonds. The molecule has 0 spiro atoms. The first-order chi connectivity index (χ1) is 13.7. The van der Waals surface area contributed by atoms with Crippen LogP contribution in [0, 0.1) is 0 Å². The number of hydrogen-bond acceptors (Lipinski definition) is 6. The van der Waals surface area contributed by atoms with Gasteiger partial charge in [0.25, 0.3) is 0 Å². The zero-order chi connectivity index (χ0) is 19.8. The lowest BCUT2D eigenvalue weighted by Gasteiger charge is -2.24. The molecule has 1 aliphatic rings. The molecule has 6 nitrogen and oxygen atoms in total. The maximum Gasteiger partial charge on any atom is 0.338 e. The topological polar surface area (TPSA) is 74.2 Å². The second-order valence-electron chi connectivity index (χ2n) is 6.34. The van der Waals surface area contributed by atoms with Crippen LogP contribution in [0.4, 0.5) is 0 Å². The molecule has 0 aromatic heterocycles. The molecule has 4 atom stereocenters. The molecule has 1 heterocycles. The molecule has 2 aromatic carbocycles. The molecule has 1 aliphatic heterocycles. The van der Waals surface area contributed by atoms with E-state index in [1.54, 1.807) is 30.3 Å². The number of benzene rings is 2. The molecular weight excluding hydrogens is 360 g/mol. The Bertz CT molecular complexity index is 748. The summed E-state index contributed by atoms with van der Waals surface area (Å²) in [7, 11) is 0. The summed E-state index contributed by atoms with van der Waals surface area (Å²) in [5.74, 6) is -0.506. The van der Waals surface area contributed by atoms with Gasteiger partial charge in [-0.2, -0.15) is 0 Å². The van der Waals surface area contributed by atoms with E-state index in [0.29, 0.717) is 12.2 Å². The summed E-state index contributed by atoms with van der Waals surface area (Å²) in [6, 6.07) is 18.3. The van der Waals surface area contributed by atoms with E-state index in [1.165, 1.54) is 0 Å². The van der Waals surface area contributed by atoms with Gasteiger partial charge in [0.05, 0.1) is 25.4 Å². The van der Waals surface area contributed by atoms with Crippen LogP contribution >= 0.6 is 0 Å². The Morgan fingerprint density at radius 2 is 1.71 bits per heavy atom. The zero-order valence-corrected chi connectivity index (χ0v) is 15.5. The van der Waals surface area contributed by atoms with Crippen LogP contribution in [0.15, 0.2) is 73.3 Å². The van der Waals surface area contributed by atoms with Gasteiger partial charge in [-0.05, 0) is 17.7 Å². The van der Waals surface area contributed by atoms with Crippen molar-refractivity contribution in [1.29, 1.82) is 0 Å². The Labute approximate surface area is 164 Å². The van der Waals surface area contributed by atoms with Gasteiger partial charge in [-0.25, -0.2) is 4.79 Å². The Morgan fingerprint density at radius 3 is 2.36 bits per heavy atom. The normalized spacial score (nSPS) is 24.0. The average Bonchev–Trinajstić information content (AvgIpc) is 3.08. The molecule has 0 radical (unpaired) electrons. The lowest BCUT2D eigenvalue weighted by atomic mass is 10.1. The molecule has 1 saturated heterocycles. The van der Waals surface area contributed by atoms with E-state index in [9.17, 15) is 9.90 Å². The highest BCUT2D eigenvalue weighted by molar-refractivity contribution is 5.89. The van der Waals surface area contributed by atoms with Crippen LogP contribution in [0.25, 0.3) is 0 Å². The number of aliphatic hydroxyl groups is 1. The van der Waals surface area contributed by atoms with E-state index in [1.807, 2.05) is 36.4 Å². The van der Waals surface area contributed by atoms with Crippen molar-refractivity contribution >= 4 is 5.97 Å². The highest BCUT2D eigenvalue weighted by atomic mass is 16.7. The molecule has 0 saturated carbocycles. The van der Waals surface area contributed by atoms with Crippen molar-refractivity contribution in [3.8, 4) is 0 Å². The second-order valence-corrected chi connectivity index (χ2v) is 6.34. The first-order valence-corrected chi connectivity index (χ1v) is 9.13. The van der Waals surface area contributed by atoms with Gasteiger partial charge < -0.3 is 24.1 Å². The van der Waals surface area contributed by atoms with Crippen molar-refractivity contribution < 1.29 is 28.8 Å². The van der Waals surface area contributed by atoms with Crippen molar-refractivity contribution in [2.75, 3.05) is 13.2 Å². The van der Waals surface area contributed by atoms with Crippen LogP contribution in [-0.4, -0.2) is 48.9 Å². The monoisotopic (exact) mass is 384 g/mol. The summed E-state index contributed by atoms with van der Waals surface area (Å²) in [6.45, 7) is 3.84. The van der Waals surface area contributed by atoms with Crippen molar-refractivity contribution in [3.05, 3.63) is 84.4 Å². The molecule has 6 heteroatoms. The first-order valence-electron chi connectivity index (χ1n) is 9.13. The van der Waals surface area contributed by atoms with Crippen LogP contribution in [0.5, 0.6) is 0 Å². The van der Waals surface area contributed by atoms with Crippen LogP contribution in [0.2, 0.25) is 0 Å². The van der Waals surface area contributed by atoms with Gasteiger partial charge >= 0.3 is 5.97 Å². The number of ether oxygens (including phenoxy) is 4. The van der Waals surface area contributed by atoms with E-state index in [0.717, 1.165) is 5.56 Å². The summed E-state index contributed by atoms with van der Waals surface area (Å²) in [5.41, 5.74) is 1.38. The number of carbonyl (C=O) groups is 1. The van der Waals surface area contributed by atoms with Gasteiger partial charge in [0.15, 0.2) is 12.4 Å². The molecule has 28 heavy (non-hydrogen) atoms. The molecule has 3 rings (SSSR count). The van der Waals surface area contributed by atoms with E-state index < -0.39 is 30.6 Å². The summed E-state index contributed by atoms with van der Waals surface area (Å²) in [5, 5.41) is 9.72. The molecule has 1 N–H and O–H groups in total. The lowest BCUT2D eigenvalue weighted by molar-refractivity contribution is -0.164. The fourth-order valence-electron chi connectivity index (χ4n) is 2.99. The fraction of sp³-hybridized carbons (Fsp3) is 0.318. The van der Waals surface area contributed by atoms with Gasteiger partial charge in [-0.3, -0.25) is 0 Å². The average molecular weight is 384 g/mol. The first kappa shape index (κ1) is 20.2. The Hall–Kier alpha value is -2.51. The van der Waals surface area contributed by atoms with E-state index >= 15 is 0 Å². The van der Waals surface area contributed by atoms with E-state index in [-0.39, 0.29) is 13.2 Å². The lowest BCUT2D eigenvalue weighted by Crippen LogP contribution is -2.40. The third kappa shape index (κ3) is 5.05. The summed E-state index contributed by atoms with van der Waals surface area (Å²) < 4.78 is 23.0. The number of esters is 1. The van der Waals surface area contributed by atoms with Gasteiger partial charge in [0, 0.05) is 0 Å². The van der Waals surface area contributed by atoms with Crippen molar-refractivity contribution in [2.45, 2.75) is 31.2 Å². The number of aliphatic hydroxyl groups excluding tert-OH is 1. The Balaban J connectivity index is 1.75. The predicted molar refractivity (Wildman–Crippen MR) is 103 cm³/mol. The smallest absolute Gasteiger partial charge is 0.338 e. The second kappa shape index (κ2) is 10.1. The van der Waals surface area contributed by atoms with Crippen LogP contribution < -0.4 is 0 Å². The standard InChI is InChI=1S/C22H24O6/c1-2-13-25-22-20(28-21(24)17-11-7-4-8-12-17)19(18(14-23)27-22)26-15-16-9-5-3-6-10-16/h2-12,18-20,22-23H,1,13-15H2/t18-,19-,20+,22+/m1/s1.